The van der Waals surface area contributed by atoms with Gasteiger partial charge in [0.2, 0.25) is 0 Å². The molecule has 156 valence electrons. The van der Waals surface area contributed by atoms with Gasteiger partial charge in [0.15, 0.2) is 11.7 Å². The van der Waals surface area contributed by atoms with Crippen molar-refractivity contribution in [2.45, 2.75) is 25.5 Å². The number of aromatic nitrogens is 2. The molecule has 1 aromatic carbocycles. The molecular weight excluding hydrogens is 406 g/mol. The largest absolute Gasteiger partial charge is 0.421 e. The molecule has 8 nitrogen and oxygen atoms in total. The minimum atomic E-state index is -0.564. The molecule has 2 aromatic heterocycles. The van der Waals surface area contributed by atoms with Crippen molar-refractivity contribution in [3.8, 4) is 0 Å². The Morgan fingerprint density at radius 1 is 1.30 bits per heavy atom. The van der Waals surface area contributed by atoms with Crippen LogP contribution in [0.15, 0.2) is 35.0 Å². The minimum Gasteiger partial charge on any atom is -0.421 e. The first-order valence-electron chi connectivity index (χ1n) is 9.96. The van der Waals surface area contributed by atoms with Crippen LogP contribution in [0.5, 0.6) is 0 Å². The van der Waals surface area contributed by atoms with E-state index in [0.29, 0.717) is 37.3 Å². The Morgan fingerprint density at radius 2 is 2.17 bits per heavy atom. The molecule has 4 heterocycles. The van der Waals surface area contributed by atoms with Crippen molar-refractivity contribution in [1.29, 1.82) is 0 Å². The number of anilines is 2. The Morgan fingerprint density at radius 3 is 3.03 bits per heavy atom. The molecule has 5 rings (SSSR count). The average molecular weight is 428 g/mol. The van der Waals surface area contributed by atoms with Crippen molar-refractivity contribution in [2.75, 3.05) is 36.9 Å². The molecule has 0 spiro atoms. The SMILES string of the molecule is C[C@H]1c2ccc(Cl)cc2CCN1C(=O)[C@H]1CN(c2cncc3nc(N)oc23)CCO1. The second-order valence-electron chi connectivity index (χ2n) is 7.67. The Labute approximate surface area is 178 Å². The van der Waals surface area contributed by atoms with Gasteiger partial charge in [0.1, 0.15) is 11.2 Å². The topological polar surface area (TPSA) is 97.7 Å². The van der Waals surface area contributed by atoms with E-state index in [4.69, 9.17) is 26.5 Å². The van der Waals surface area contributed by atoms with E-state index in [1.54, 1.807) is 12.4 Å². The van der Waals surface area contributed by atoms with E-state index in [0.717, 1.165) is 22.7 Å². The van der Waals surface area contributed by atoms with Crippen molar-refractivity contribution in [1.82, 2.24) is 14.9 Å². The molecule has 0 aliphatic carbocycles. The maximum absolute atomic E-state index is 13.4. The number of fused-ring (bicyclic) bond motifs is 2. The third-order valence-electron chi connectivity index (χ3n) is 5.91. The van der Waals surface area contributed by atoms with Gasteiger partial charge in [0.25, 0.3) is 11.9 Å². The molecule has 30 heavy (non-hydrogen) atoms. The predicted molar refractivity (Wildman–Crippen MR) is 113 cm³/mol. The maximum Gasteiger partial charge on any atom is 0.293 e. The van der Waals surface area contributed by atoms with Gasteiger partial charge < -0.3 is 24.7 Å². The second kappa shape index (κ2) is 7.45. The molecule has 0 unspecified atom stereocenters. The van der Waals surface area contributed by atoms with Gasteiger partial charge in [-0.1, -0.05) is 17.7 Å². The van der Waals surface area contributed by atoms with Crippen molar-refractivity contribution in [3.63, 3.8) is 0 Å². The van der Waals surface area contributed by atoms with E-state index in [1.165, 1.54) is 5.56 Å². The third-order valence-corrected chi connectivity index (χ3v) is 6.14. The monoisotopic (exact) mass is 427 g/mol. The van der Waals surface area contributed by atoms with Crippen LogP contribution in [0.4, 0.5) is 11.7 Å². The second-order valence-corrected chi connectivity index (χ2v) is 8.10. The minimum absolute atomic E-state index is 0.00924. The molecule has 2 aliphatic heterocycles. The van der Waals surface area contributed by atoms with Crippen LogP contribution in [0.1, 0.15) is 24.1 Å². The maximum atomic E-state index is 13.4. The fourth-order valence-corrected chi connectivity index (χ4v) is 4.58. The molecule has 0 saturated carbocycles. The average Bonchev–Trinajstić information content (AvgIpc) is 3.13. The lowest BCUT2D eigenvalue weighted by atomic mass is 9.93. The lowest BCUT2D eigenvalue weighted by Crippen LogP contribution is -2.52. The molecule has 1 amide bonds. The summed E-state index contributed by atoms with van der Waals surface area (Å²) in [5.74, 6) is -0.00924. The Bertz CT molecular complexity index is 1120. The smallest absolute Gasteiger partial charge is 0.293 e. The number of amides is 1. The molecule has 1 fully saturated rings. The van der Waals surface area contributed by atoms with Crippen LogP contribution in [0.3, 0.4) is 0 Å². The number of ether oxygens (including phenoxy) is 1. The van der Waals surface area contributed by atoms with E-state index in [-0.39, 0.29) is 18.0 Å². The highest BCUT2D eigenvalue weighted by Gasteiger charge is 2.35. The number of oxazole rings is 1. The number of halogens is 1. The van der Waals surface area contributed by atoms with Crippen LogP contribution in [-0.2, 0) is 16.0 Å². The number of rotatable bonds is 2. The van der Waals surface area contributed by atoms with Gasteiger partial charge in [-0.2, -0.15) is 4.98 Å². The molecule has 2 N–H and O–H groups in total. The Balaban J connectivity index is 1.37. The standard InChI is InChI=1S/C21H22ClN5O3/c1-12-15-3-2-14(22)8-13(15)4-5-27(12)20(28)18-11-26(6-7-29-18)17-10-24-9-16-19(17)30-21(23)25-16/h2-3,8-10,12,18H,4-7,11H2,1H3,(H2,23,25)/t12-,18+/m0/s1. The third kappa shape index (κ3) is 3.26. The number of nitrogen functional groups attached to an aromatic ring is 1. The molecule has 3 aromatic rings. The summed E-state index contributed by atoms with van der Waals surface area (Å²) in [5, 5.41) is 0.725. The molecule has 1 saturated heterocycles. The van der Waals surface area contributed by atoms with Crippen molar-refractivity contribution in [2.24, 2.45) is 0 Å². The van der Waals surface area contributed by atoms with E-state index in [9.17, 15) is 4.79 Å². The zero-order valence-electron chi connectivity index (χ0n) is 16.5. The normalized spacial score (nSPS) is 21.7. The van der Waals surface area contributed by atoms with Gasteiger partial charge in [-0.25, -0.2) is 0 Å². The summed E-state index contributed by atoms with van der Waals surface area (Å²) in [6.07, 6.45) is 3.54. The van der Waals surface area contributed by atoms with Crippen LogP contribution in [-0.4, -0.2) is 53.1 Å². The quantitative estimate of drug-likeness (QED) is 0.671. The first kappa shape index (κ1) is 19.1. The highest BCUT2D eigenvalue weighted by Crippen LogP contribution is 2.33. The lowest BCUT2D eigenvalue weighted by molar-refractivity contribution is -0.147. The van der Waals surface area contributed by atoms with Crippen LogP contribution < -0.4 is 10.6 Å². The van der Waals surface area contributed by atoms with Crippen LogP contribution in [0.2, 0.25) is 5.02 Å². The summed E-state index contributed by atoms with van der Waals surface area (Å²) >= 11 is 6.13. The molecule has 0 radical (unpaired) electrons. The van der Waals surface area contributed by atoms with E-state index >= 15 is 0 Å². The molecular formula is C21H22ClN5O3. The summed E-state index contributed by atoms with van der Waals surface area (Å²) in [5.41, 5.74) is 9.99. The van der Waals surface area contributed by atoms with Gasteiger partial charge in [-0.05, 0) is 36.6 Å². The summed E-state index contributed by atoms with van der Waals surface area (Å²) in [6.45, 7) is 4.17. The summed E-state index contributed by atoms with van der Waals surface area (Å²) in [6, 6.07) is 5.94. The zero-order valence-corrected chi connectivity index (χ0v) is 17.3. The lowest BCUT2D eigenvalue weighted by Gasteiger charge is -2.40. The van der Waals surface area contributed by atoms with Gasteiger partial charge in [-0.15, -0.1) is 0 Å². The van der Waals surface area contributed by atoms with E-state index < -0.39 is 6.10 Å². The fourth-order valence-electron chi connectivity index (χ4n) is 4.39. The summed E-state index contributed by atoms with van der Waals surface area (Å²) in [4.78, 5) is 25.7. The summed E-state index contributed by atoms with van der Waals surface area (Å²) < 4.78 is 11.4. The number of nitrogens with two attached hydrogens (primary N) is 1. The number of nitrogens with zero attached hydrogens (tertiary/aromatic N) is 4. The van der Waals surface area contributed by atoms with E-state index in [1.807, 2.05) is 34.9 Å². The summed E-state index contributed by atoms with van der Waals surface area (Å²) in [7, 11) is 0. The first-order valence-corrected chi connectivity index (χ1v) is 10.3. The Hall–Kier alpha value is -2.84. The van der Waals surface area contributed by atoms with Crippen molar-refractivity contribution in [3.05, 3.63) is 46.7 Å². The number of pyridine rings is 1. The molecule has 2 aliphatic rings. The van der Waals surface area contributed by atoms with Crippen LogP contribution in [0.25, 0.3) is 11.1 Å². The van der Waals surface area contributed by atoms with E-state index in [2.05, 4.69) is 9.97 Å². The van der Waals surface area contributed by atoms with Crippen molar-refractivity contribution < 1.29 is 13.9 Å². The number of carbonyl (C=O) groups excluding carboxylic acids is 1. The molecule has 9 heteroatoms. The van der Waals surface area contributed by atoms with Crippen molar-refractivity contribution >= 4 is 40.3 Å². The predicted octanol–water partition coefficient (Wildman–Crippen LogP) is 2.81. The molecule has 0 bridgehead atoms. The Kier molecular flexibility index (Phi) is 4.75. The number of hydrogen-bond acceptors (Lipinski definition) is 7. The number of hydrogen-bond donors (Lipinski definition) is 1. The number of morpholine rings is 1. The molecule has 2 atom stereocenters. The highest BCUT2D eigenvalue weighted by molar-refractivity contribution is 6.30. The fraction of sp³-hybridized carbons (Fsp3) is 0.381. The zero-order chi connectivity index (χ0) is 20.8. The van der Waals surface area contributed by atoms with Gasteiger partial charge in [-0.3, -0.25) is 9.78 Å². The van der Waals surface area contributed by atoms with Crippen LogP contribution in [0, 0.1) is 0 Å². The number of carbonyl (C=O) groups is 1. The first-order chi connectivity index (χ1) is 14.5. The van der Waals surface area contributed by atoms with Gasteiger partial charge >= 0.3 is 0 Å². The number of benzene rings is 1. The van der Waals surface area contributed by atoms with Gasteiger partial charge in [0, 0.05) is 18.1 Å². The van der Waals surface area contributed by atoms with Crippen LogP contribution >= 0.6 is 11.6 Å². The van der Waals surface area contributed by atoms with Gasteiger partial charge in [0.05, 0.1) is 31.6 Å². The highest BCUT2D eigenvalue weighted by atomic mass is 35.5.